The Labute approximate surface area is 356 Å². The number of nitrogen functional groups attached to an aromatic ring is 1. The number of amides is 1. The fraction of sp³-hybridized carbons (Fsp3) is 0.457. The Morgan fingerprint density at radius 1 is 0.730 bits per heavy atom. The van der Waals surface area contributed by atoms with Crippen molar-refractivity contribution < 1.29 is 83.6 Å². The number of carboxylic acid groups (broad SMARTS) is 7. The van der Waals surface area contributed by atoms with E-state index in [0.29, 0.717) is 24.6 Å². The van der Waals surface area contributed by atoms with Crippen LogP contribution in [0.3, 0.4) is 0 Å². The topological polar surface area (TPSA) is 502 Å². The largest absolute Gasteiger partial charge is 0.481 e. The first-order valence-electron chi connectivity index (χ1n) is 18.3. The van der Waals surface area contributed by atoms with E-state index < -0.39 is 77.8 Å². The fourth-order valence-corrected chi connectivity index (χ4v) is 4.40. The summed E-state index contributed by atoms with van der Waals surface area (Å²) in [6, 6.07) is 1.96. The number of hydrogen-bond donors (Lipinski definition) is 16. The maximum atomic E-state index is 12.4. The van der Waals surface area contributed by atoms with Crippen molar-refractivity contribution in [3.05, 3.63) is 40.2 Å². The number of rotatable bonds is 21. The molecule has 28 heteroatoms. The predicted molar refractivity (Wildman–Crippen MR) is 218 cm³/mol. The van der Waals surface area contributed by atoms with E-state index in [9.17, 15) is 53.1 Å². The number of ether oxygens (including phenoxy) is 1. The van der Waals surface area contributed by atoms with Gasteiger partial charge in [0.15, 0.2) is 5.82 Å². The lowest BCUT2D eigenvalue weighted by Gasteiger charge is -2.27. The predicted octanol–water partition coefficient (Wildman–Crippen LogP) is -2.40. The Hall–Kier alpha value is -7.59. The minimum Gasteiger partial charge on any atom is -0.481 e. The van der Waals surface area contributed by atoms with Crippen LogP contribution in [0.25, 0.3) is 0 Å². The highest BCUT2D eigenvalue weighted by atomic mass is 16.5. The number of anilines is 4. The lowest BCUT2D eigenvalue weighted by atomic mass is 10.1. The molecule has 1 amide bonds. The summed E-state index contributed by atoms with van der Waals surface area (Å²) in [5, 5.41) is 69.9. The highest BCUT2D eigenvalue weighted by molar-refractivity contribution is 5.97. The third-order valence-corrected chi connectivity index (χ3v) is 7.93. The van der Waals surface area contributed by atoms with Gasteiger partial charge in [-0.2, -0.15) is 4.98 Å². The molecular weight excluding hydrogens is 848 g/mol. The Bertz CT molecular complexity index is 1860. The second kappa shape index (κ2) is 28.8. The van der Waals surface area contributed by atoms with Crippen LogP contribution >= 0.6 is 0 Å². The number of carboxylic acids is 7. The molecule has 1 aromatic heterocycles. The Balaban J connectivity index is 0.00000104. The summed E-state index contributed by atoms with van der Waals surface area (Å²) in [6.45, 7) is 0.981. The Morgan fingerprint density at radius 2 is 1.19 bits per heavy atom. The van der Waals surface area contributed by atoms with E-state index in [-0.39, 0.29) is 74.5 Å². The van der Waals surface area contributed by atoms with Crippen molar-refractivity contribution in [3.63, 3.8) is 0 Å². The van der Waals surface area contributed by atoms with Crippen LogP contribution in [0.15, 0.2) is 29.1 Å². The zero-order valence-corrected chi connectivity index (χ0v) is 33.6. The van der Waals surface area contributed by atoms with Crippen molar-refractivity contribution in [1.82, 2.24) is 15.3 Å². The maximum Gasteiger partial charge on any atom is 0.326 e. The molecule has 20 N–H and O–H groups in total. The number of esters is 1. The van der Waals surface area contributed by atoms with Crippen LogP contribution in [0.4, 0.5) is 23.1 Å². The molecule has 0 bridgehead atoms. The van der Waals surface area contributed by atoms with Crippen LogP contribution in [-0.4, -0.2) is 150 Å². The van der Waals surface area contributed by atoms with Crippen molar-refractivity contribution in [2.24, 2.45) is 17.2 Å². The molecule has 0 saturated heterocycles. The third-order valence-electron chi connectivity index (χ3n) is 7.93. The van der Waals surface area contributed by atoms with Gasteiger partial charge in [-0.25, -0.2) is 4.79 Å². The molecule has 1 aliphatic rings. The number of nitrogens with zero attached hydrogens (tertiary/aromatic N) is 1. The highest BCUT2D eigenvalue weighted by Crippen LogP contribution is 2.20. The van der Waals surface area contributed by atoms with Gasteiger partial charge in [-0.05, 0) is 49.9 Å². The summed E-state index contributed by atoms with van der Waals surface area (Å²) in [5.74, 6) is -8.52. The number of nitrogens with one attached hydrogen (secondary N) is 5. The van der Waals surface area contributed by atoms with Crippen LogP contribution in [0.2, 0.25) is 0 Å². The monoisotopic (exact) mass is 900 g/mol. The first kappa shape index (κ1) is 55.4. The summed E-state index contributed by atoms with van der Waals surface area (Å²) in [4.78, 5) is 113. The standard InChI is InChI=1S/C20H25N7O6.3C5H9NO4/c1-33-14(28)7-6-13(19(31)32)25-17(29)10-2-4-11(5-3-10)22-8-12-9-23-16-15(24-12)18(30)27-20(21)26-16;3*6-3(5(9)10)1-2-4(7)8/h2-5,12-13,22,24H,6-9H2,1H3,(H,25,29)(H,31,32)(H4,21,23,26,27,30);3*3H,1-2,6H2,(H,7,8)(H,9,10)/t12?,13-;3*3-/m0000/s1. The molecule has 1 aromatic carbocycles. The summed E-state index contributed by atoms with van der Waals surface area (Å²) < 4.78 is 4.49. The normalized spacial score (nSPS) is 13.9. The van der Waals surface area contributed by atoms with E-state index in [1.54, 1.807) is 24.3 Å². The molecule has 1 unspecified atom stereocenters. The van der Waals surface area contributed by atoms with Gasteiger partial charge in [0.25, 0.3) is 11.5 Å². The number of nitrogens with two attached hydrogens (primary N) is 4. The molecule has 28 nitrogen and oxygen atoms in total. The number of aromatic amines is 1. The summed E-state index contributed by atoms with van der Waals surface area (Å²) in [7, 11) is 1.21. The Morgan fingerprint density at radius 3 is 1.59 bits per heavy atom. The zero-order chi connectivity index (χ0) is 48.4. The number of benzene rings is 1. The third kappa shape index (κ3) is 24.3. The number of fused-ring (bicyclic) bond motifs is 1. The maximum absolute atomic E-state index is 12.4. The first-order chi connectivity index (χ1) is 29.4. The summed E-state index contributed by atoms with van der Waals surface area (Å²) in [6.07, 6.45) is -0.876. The minimum atomic E-state index is -1.24. The molecule has 350 valence electrons. The zero-order valence-electron chi connectivity index (χ0n) is 33.6. The number of aliphatic carboxylic acids is 7. The van der Waals surface area contributed by atoms with Crippen molar-refractivity contribution in [1.29, 1.82) is 0 Å². The van der Waals surface area contributed by atoms with E-state index in [1.807, 2.05) is 0 Å². The van der Waals surface area contributed by atoms with Crippen LogP contribution in [0.1, 0.15) is 61.7 Å². The molecule has 3 rings (SSSR count). The number of carbonyl (C=O) groups excluding carboxylic acids is 2. The van der Waals surface area contributed by atoms with Crippen molar-refractivity contribution >= 4 is 76.8 Å². The van der Waals surface area contributed by atoms with Crippen LogP contribution in [0, 0.1) is 0 Å². The SMILES string of the molecule is COC(=O)CC[C@H](NC(=O)c1ccc(NCC2CNc3nc(N)[nH]c(=O)c3N2)cc1)C(=O)O.N[C@@H](CCC(=O)O)C(=O)O.N[C@@H](CCC(=O)O)C(=O)O.N[C@@H](CCC(=O)O)C(=O)O. The van der Waals surface area contributed by atoms with Crippen LogP contribution < -0.4 is 49.8 Å². The van der Waals surface area contributed by atoms with E-state index in [1.165, 1.54) is 7.11 Å². The second-order valence-electron chi connectivity index (χ2n) is 13.0. The van der Waals surface area contributed by atoms with Crippen molar-refractivity contribution in [3.8, 4) is 0 Å². The fourth-order valence-electron chi connectivity index (χ4n) is 4.40. The van der Waals surface area contributed by atoms with Gasteiger partial charge in [-0.1, -0.05) is 0 Å². The molecule has 2 aromatic rings. The summed E-state index contributed by atoms with van der Waals surface area (Å²) >= 11 is 0. The first-order valence-corrected chi connectivity index (χ1v) is 18.3. The summed E-state index contributed by atoms with van der Waals surface area (Å²) in [5.41, 5.74) is 21.5. The number of carbonyl (C=O) groups is 9. The van der Waals surface area contributed by atoms with Gasteiger partial charge >= 0.3 is 47.8 Å². The smallest absolute Gasteiger partial charge is 0.326 e. The molecule has 0 radical (unpaired) electrons. The molecule has 0 aliphatic carbocycles. The van der Waals surface area contributed by atoms with E-state index >= 15 is 0 Å². The van der Waals surface area contributed by atoms with Crippen molar-refractivity contribution in [2.45, 2.75) is 81.6 Å². The van der Waals surface area contributed by atoms with Gasteiger partial charge in [0.1, 0.15) is 29.9 Å². The van der Waals surface area contributed by atoms with E-state index in [2.05, 4.69) is 36.0 Å². The molecule has 63 heavy (non-hydrogen) atoms. The average molecular weight is 901 g/mol. The number of hydrogen-bond acceptors (Lipinski definition) is 19. The number of methoxy groups -OCH3 is 1. The van der Waals surface area contributed by atoms with E-state index in [4.69, 9.17) is 53.6 Å². The molecule has 5 atom stereocenters. The Kier molecular flexibility index (Phi) is 25.3. The van der Waals surface area contributed by atoms with Gasteiger partial charge < -0.3 is 84.7 Å². The number of aromatic nitrogens is 2. The minimum absolute atomic E-state index is 0.0231. The lowest BCUT2D eigenvalue weighted by Crippen LogP contribution is -2.41. The van der Waals surface area contributed by atoms with Gasteiger partial charge in [-0.15, -0.1) is 0 Å². The van der Waals surface area contributed by atoms with Gasteiger partial charge in [-0.3, -0.25) is 48.1 Å². The van der Waals surface area contributed by atoms with Crippen molar-refractivity contribution in [2.75, 3.05) is 41.9 Å². The second-order valence-corrected chi connectivity index (χ2v) is 13.0. The quantitative estimate of drug-likeness (QED) is 0.0580. The van der Waals surface area contributed by atoms with E-state index in [0.717, 1.165) is 5.69 Å². The van der Waals surface area contributed by atoms with Crippen LogP contribution in [-0.2, 0) is 43.1 Å². The van der Waals surface area contributed by atoms with Gasteiger partial charge in [0.2, 0.25) is 5.95 Å². The van der Waals surface area contributed by atoms with Gasteiger partial charge in [0.05, 0.1) is 13.2 Å². The number of H-pyrrole nitrogens is 1. The molecule has 1 aliphatic heterocycles. The molecule has 0 spiro atoms. The molecular formula is C35H52N10O18. The van der Waals surface area contributed by atoms with Crippen LogP contribution in [0.5, 0.6) is 0 Å². The lowest BCUT2D eigenvalue weighted by molar-refractivity contribution is -0.143. The van der Waals surface area contributed by atoms with Gasteiger partial charge in [0, 0.05) is 50.0 Å². The molecule has 2 heterocycles. The molecule has 0 saturated carbocycles. The molecule has 0 fully saturated rings. The average Bonchev–Trinajstić information content (AvgIpc) is 3.22. The highest BCUT2D eigenvalue weighted by Gasteiger charge is 2.23.